The Morgan fingerprint density at radius 2 is 2.00 bits per heavy atom. The van der Waals surface area contributed by atoms with E-state index in [9.17, 15) is 18.3 Å². The molecule has 0 saturated carbocycles. The van der Waals surface area contributed by atoms with Crippen molar-refractivity contribution in [3.63, 3.8) is 0 Å². The Morgan fingerprint density at radius 1 is 1.20 bits per heavy atom. The van der Waals surface area contributed by atoms with Gasteiger partial charge in [-0.3, -0.25) is 0 Å². The molecule has 0 radical (unpaired) electrons. The lowest BCUT2D eigenvalue weighted by Crippen LogP contribution is -2.42. The van der Waals surface area contributed by atoms with Crippen molar-refractivity contribution in [1.82, 2.24) is 4.98 Å². The number of aliphatic hydroxyl groups is 1. The van der Waals surface area contributed by atoms with Crippen LogP contribution in [0.2, 0.25) is 0 Å². The summed E-state index contributed by atoms with van der Waals surface area (Å²) >= 11 is 0. The molecule has 0 spiro atoms. The maximum atomic E-state index is 12.9. The summed E-state index contributed by atoms with van der Waals surface area (Å²) in [6.07, 6.45) is -4.48. The third-order valence-electron chi connectivity index (χ3n) is 5.12. The minimum atomic E-state index is -4.48. The molecule has 1 N–H and O–H groups in total. The number of pyridine rings is 1. The number of benzene rings is 1. The summed E-state index contributed by atoms with van der Waals surface area (Å²) < 4.78 is 44.7. The summed E-state index contributed by atoms with van der Waals surface area (Å²) in [5, 5.41) is 10.0. The van der Waals surface area contributed by atoms with Gasteiger partial charge in [-0.1, -0.05) is 24.3 Å². The maximum Gasteiger partial charge on any atom is 0.433 e. The second kappa shape index (κ2) is 5.62. The molecule has 1 aromatic carbocycles. The van der Waals surface area contributed by atoms with Crippen molar-refractivity contribution in [2.24, 2.45) is 5.41 Å². The fourth-order valence-corrected chi connectivity index (χ4v) is 3.80. The lowest BCUT2D eigenvalue weighted by Gasteiger charge is -2.37. The lowest BCUT2D eigenvalue weighted by molar-refractivity contribution is -0.141. The summed E-state index contributed by atoms with van der Waals surface area (Å²) in [6, 6.07) is 11.5. The Labute approximate surface area is 142 Å². The molecule has 2 aromatic rings. The van der Waals surface area contributed by atoms with Crippen LogP contribution in [0.25, 0.3) is 0 Å². The largest absolute Gasteiger partial charge is 0.493 e. The second-order valence-corrected chi connectivity index (χ2v) is 6.66. The van der Waals surface area contributed by atoms with Crippen molar-refractivity contribution in [2.75, 3.05) is 31.2 Å². The molecule has 132 valence electrons. The first-order chi connectivity index (χ1) is 11.9. The number of hydrogen-bond acceptors (Lipinski definition) is 4. The molecule has 0 unspecified atom stereocenters. The zero-order valence-corrected chi connectivity index (χ0v) is 13.3. The van der Waals surface area contributed by atoms with Gasteiger partial charge in [0.05, 0.1) is 18.6 Å². The first-order valence-corrected chi connectivity index (χ1v) is 8.05. The van der Waals surface area contributed by atoms with E-state index in [-0.39, 0.29) is 18.3 Å². The maximum absolute atomic E-state index is 12.9. The monoisotopic (exact) mass is 350 g/mol. The van der Waals surface area contributed by atoms with Gasteiger partial charge in [0.2, 0.25) is 0 Å². The van der Waals surface area contributed by atoms with Gasteiger partial charge in [0.1, 0.15) is 17.3 Å². The van der Waals surface area contributed by atoms with Crippen LogP contribution >= 0.6 is 0 Å². The Morgan fingerprint density at radius 3 is 2.76 bits per heavy atom. The average Bonchev–Trinajstić information content (AvgIpc) is 3.02. The molecule has 0 bridgehead atoms. The molecule has 3 heterocycles. The topological polar surface area (TPSA) is 45.6 Å². The Kier molecular flexibility index (Phi) is 3.64. The molecule has 1 saturated heterocycles. The van der Waals surface area contributed by atoms with Crippen LogP contribution < -0.4 is 9.64 Å². The zero-order valence-electron chi connectivity index (χ0n) is 13.3. The third kappa shape index (κ3) is 2.63. The number of nitrogens with zero attached hydrogens (tertiary/aromatic N) is 2. The van der Waals surface area contributed by atoms with Crippen molar-refractivity contribution in [2.45, 2.75) is 12.1 Å². The predicted molar refractivity (Wildman–Crippen MR) is 85.6 cm³/mol. The highest BCUT2D eigenvalue weighted by Crippen LogP contribution is 2.50. The molecule has 0 amide bonds. The highest BCUT2D eigenvalue weighted by atomic mass is 19.4. The van der Waals surface area contributed by atoms with E-state index in [0.717, 1.165) is 17.4 Å². The van der Waals surface area contributed by atoms with Gasteiger partial charge in [0, 0.05) is 19.0 Å². The molecule has 7 heteroatoms. The van der Waals surface area contributed by atoms with E-state index in [0.29, 0.717) is 19.7 Å². The van der Waals surface area contributed by atoms with Crippen LogP contribution in [0.4, 0.5) is 19.0 Å². The van der Waals surface area contributed by atoms with Gasteiger partial charge >= 0.3 is 6.18 Å². The molecule has 1 aromatic heterocycles. The van der Waals surface area contributed by atoms with Gasteiger partial charge in [-0.2, -0.15) is 13.2 Å². The molecule has 4 nitrogen and oxygen atoms in total. The quantitative estimate of drug-likeness (QED) is 0.904. The van der Waals surface area contributed by atoms with E-state index in [4.69, 9.17) is 4.74 Å². The van der Waals surface area contributed by atoms with Crippen LogP contribution in [0.1, 0.15) is 17.2 Å². The van der Waals surface area contributed by atoms with E-state index in [2.05, 4.69) is 4.98 Å². The first kappa shape index (κ1) is 16.2. The van der Waals surface area contributed by atoms with Crippen molar-refractivity contribution < 1.29 is 23.0 Å². The Hall–Kier alpha value is -2.28. The summed E-state index contributed by atoms with van der Waals surface area (Å²) in [4.78, 5) is 5.59. The highest BCUT2D eigenvalue weighted by molar-refractivity contribution is 5.49. The lowest BCUT2D eigenvalue weighted by atomic mass is 9.74. The molecule has 0 aliphatic carbocycles. The van der Waals surface area contributed by atoms with Gasteiger partial charge in [-0.15, -0.1) is 0 Å². The third-order valence-corrected chi connectivity index (χ3v) is 5.12. The van der Waals surface area contributed by atoms with Crippen molar-refractivity contribution in [3.05, 3.63) is 53.7 Å². The number of hydrogen-bond donors (Lipinski definition) is 1. The first-order valence-electron chi connectivity index (χ1n) is 8.05. The summed E-state index contributed by atoms with van der Waals surface area (Å²) in [5.74, 6) is 1.03. The Bertz CT molecular complexity index is 796. The highest BCUT2D eigenvalue weighted by Gasteiger charge is 2.51. The SMILES string of the molecule is OC[C@@]12COc3ccccc3[C@@H]1CN(c1cccc(C(F)(F)F)n1)C2. The van der Waals surface area contributed by atoms with Gasteiger partial charge in [0.25, 0.3) is 0 Å². The molecule has 2 atom stereocenters. The zero-order chi connectivity index (χ0) is 17.7. The Balaban J connectivity index is 1.70. The van der Waals surface area contributed by atoms with Crippen molar-refractivity contribution in [1.29, 1.82) is 0 Å². The fourth-order valence-electron chi connectivity index (χ4n) is 3.80. The van der Waals surface area contributed by atoms with Gasteiger partial charge in [-0.25, -0.2) is 4.98 Å². The number of ether oxygens (including phenoxy) is 1. The van der Waals surface area contributed by atoms with E-state index in [1.807, 2.05) is 29.2 Å². The van der Waals surface area contributed by atoms with Crippen LogP contribution in [-0.2, 0) is 6.18 Å². The van der Waals surface area contributed by atoms with E-state index in [1.165, 1.54) is 6.07 Å². The number of fused-ring (bicyclic) bond motifs is 3. The average molecular weight is 350 g/mol. The summed E-state index contributed by atoms with van der Waals surface area (Å²) in [5.41, 5.74) is -0.462. The number of para-hydroxylation sites is 1. The fraction of sp³-hybridized carbons (Fsp3) is 0.389. The predicted octanol–water partition coefficient (Wildman–Crippen LogP) is 3.08. The molecular weight excluding hydrogens is 333 g/mol. The number of halogens is 3. The number of anilines is 1. The van der Waals surface area contributed by atoms with Gasteiger partial charge < -0.3 is 14.7 Å². The van der Waals surface area contributed by atoms with Gasteiger partial charge in [0.15, 0.2) is 0 Å². The van der Waals surface area contributed by atoms with E-state index in [1.54, 1.807) is 6.07 Å². The molecule has 25 heavy (non-hydrogen) atoms. The van der Waals surface area contributed by atoms with Crippen LogP contribution in [0.5, 0.6) is 5.75 Å². The van der Waals surface area contributed by atoms with Crippen LogP contribution in [-0.4, -0.2) is 36.4 Å². The second-order valence-electron chi connectivity index (χ2n) is 6.66. The number of aromatic nitrogens is 1. The van der Waals surface area contributed by atoms with Crippen LogP contribution in [0, 0.1) is 5.41 Å². The minimum Gasteiger partial charge on any atom is -0.493 e. The standard InChI is InChI=1S/C18H17F3N2O2/c19-18(20,21)15-6-3-7-16(22-15)23-8-13-12-4-1-2-5-14(12)25-11-17(13,9-23)10-24/h1-7,13,24H,8-11H2/t13-,17-/m0/s1. The molecule has 2 aliphatic rings. The normalized spacial score (nSPS) is 25.3. The molecule has 4 rings (SSSR count). The molecule has 2 aliphatic heterocycles. The van der Waals surface area contributed by atoms with E-state index < -0.39 is 17.3 Å². The minimum absolute atomic E-state index is 0.0150. The molecule has 1 fully saturated rings. The number of rotatable bonds is 2. The number of aliphatic hydroxyl groups excluding tert-OH is 1. The smallest absolute Gasteiger partial charge is 0.433 e. The van der Waals surface area contributed by atoms with E-state index >= 15 is 0 Å². The summed E-state index contributed by atoms with van der Waals surface area (Å²) in [7, 11) is 0. The number of alkyl halides is 3. The van der Waals surface area contributed by atoms with Crippen molar-refractivity contribution in [3.8, 4) is 5.75 Å². The van der Waals surface area contributed by atoms with Gasteiger partial charge in [-0.05, 0) is 23.8 Å². The summed E-state index contributed by atoms with van der Waals surface area (Å²) in [6.45, 7) is 1.13. The van der Waals surface area contributed by atoms with Crippen molar-refractivity contribution >= 4 is 5.82 Å². The van der Waals surface area contributed by atoms with Crippen LogP contribution in [0.15, 0.2) is 42.5 Å². The van der Waals surface area contributed by atoms with Crippen LogP contribution in [0.3, 0.4) is 0 Å². The molecular formula is C18H17F3N2O2.